The molecule has 0 spiro atoms. The SMILES string of the molecule is Cn1cccc1C(=O)N1CCC(n2c(=O)[nH]c3cc(Cl)ccc32)CC1. The molecule has 7 heteroatoms. The van der Waals surface area contributed by atoms with Crippen molar-refractivity contribution < 1.29 is 4.79 Å². The van der Waals surface area contributed by atoms with Gasteiger partial charge in [-0.3, -0.25) is 9.36 Å². The molecule has 0 atom stereocenters. The van der Waals surface area contributed by atoms with Crippen molar-refractivity contribution in [2.24, 2.45) is 7.05 Å². The number of nitrogens with one attached hydrogen (secondary N) is 1. The lowest BCUT2D eigenvalue weighted by Gasteiger charge is -2.32. The molecule has 1 N–H and O–H groups in total. The van der Waals surface area contributed by atoms with E-state index in [2.05, 4.69) is 4.98 Å². The van der Waals surface area contributed by atoms with Crippen molar-refractivity contribution in [2.45, 2.75) is 18.9 Å². The lowest BCUT2D eigenvalue weighted by Crippen LogP contribution is -2.41. The first-order valence-electron chi connectivity index (χ1n) is 8.35. The first-order valence-corrected chi connectivity index (χ1v) is 8.73. The van der Waals surface area contributed by atoms with Crippen LogP contribution in [0.4, 0.5) is 0 Å². The standard InChI is InChI=1S/C18H19ClN4O2/c1-21-8-2-3-16(21)17(24)22-9-6-13(7-10-22)23-15-5-4-12(19)11-14(15)20-18(23)25/h2-5,8,11,13H,6-7,9-10H2,1H3,(H,20,25). The van der Waals surface area contributed by atoms with Gasteiger partial charge >= 0.3 is 5.69 Å². The van der Waals surface area contributed by atoms with Gasteiger partial charge in [-0.2, -0.15) is 0 Å². The number of aromatic amines is 1. The fourth-order valence-electron chi connectivity index (χ4n) is 3.64. The molecule has 1 aliphatic heterocycles. The smallest absolute Gasteiger partial charge is 0.326 e. The van der Waals surface area contributed by atoms with E-state index in [1.807, 2.05) is 40.9 Å². The number of likely N-dealkylation sites (tertiary alicyclic amines) is 1. The molecule has 1 fully saturated rings. The minimum atomic E-state index is -0.121. The Morgan fingerprint density at radius 3 is 2.68 bits per heavy atom. The van der Waals surface area contributed by atoms with Crippen molar-refractivity contribution >= 4 is 28.5 Å². The second-order valence-corrected chi connectivity index (χ2v) is 6.93. The Morgan fingerprint density at radius 1 is 1.24 bits per heavy atom. The maximum Gasteiger partial charge on any atom is 0.326 e. The molecule has 4 rings (SSSR count). The minimum absolute atomic E-state index is 0.0454. The number of carbonyl (C=O) groups is 1. The largest absolute Gasteiger partial charge is 0.347 e. The molecule has 1 aliphatic rings. The highest BCUT2D eigenvalue weighted by atomic mass is 35.5. The van der Waals surface area contributed by atoms with Gasteiger partial charge in [0.15, 0.2) is 0 Å². The third-order valence-electron chi connectivity index (χ3n) is 4.96. The second-order valence-electron chi connectivity index (χ2n) is 6.49. The van der Waals surface area contributed by atoms with Gasteiger partial charge in [0, 0.05) is 37.4 Å². The second kappa shape index (κ2) is 6.11. The first kappa shape index (κ1) is 16.0. The maximum absolute atomic E-state index is 12.6. The monoisotopic (exact) mass is 358 g/mol. The predicted molar refractivity (Wildman–Crippen MR) is 97.2 cm³/mol. The Kier molecular flexibility index (Phi) is 3.92. The van der Waals surface area contributed by atoms with Gasteiger partial charge in [-0.1, -0.05) is 11.6 Å². The van der Waals surface area contributed by atoms with E-state index < -0.39 is 0 Å². The van der Waals surface area contributed by atoms with E-state index in [4.69, 9.17) is 11.6 Å². The average Bonchev–Trinajstić information content (AvgIpc) is 3.16. The molecule has 1 aromatic carbocycles. The number of hydrogen-bond acceptors (Lipinski definition) is 2. The topological polar surface area (TPSA) is 63.0 Å². The van der Waals surface area contributed by atoms with Gasteiger partial charge in [0.05, 0.1) is 11.0 Å². The summed E-state index contributed by atoms with van der Waals surface area (Å²) in [6.07, 6.45) is 3.38. The van der Waals surface area contributed by atoms with Crippen LogP contribution in [0, 0.1) is 0 Å². The number of piperidine rings is 1. The Bertz CT molecular complexity index is 992. The van der Waals surface area contributed by atoms with E-state index in [0.717, 1.165) is 23.9 Å². The summed E-state index contributed by atoms with van der Waals surface area (Å²) in [5.74, 6) is 0.0454. The molecule has 6 nitrogen and oxygen atoms in total. The zero-order valence-electron chi connectivity index (χ0n) is 13.9. The molecule has 3 heterocycles. The highest BCUT2D eigenvalue weighted by molar-refractivity contribution is 6.31. The molecule has 1 amide bonds. The third kappa shape index (κ3) is 2.76. The molecule has 0 radical (unpaired) electrons. The van der Waals surface area contributed by atoms with E-state index in [1.54, 1.807) is 16.7 Å². The van der Waals surface area contributed by atoms with Crippen molar-refractivity contribution in [1.82, 2.24) is 19.0 Å². The summed E-state index contributed by atoms with van der Waals surface area (Å²) in [6, 6.07) is 9.22. The number of rotatable bonds is 2. The fourth-order valence-corrected chi connectivity index (χ4v) is 3.81. The summed E-state index contributed by atoms with van der Waals surface area (Å²) in [5.41, 5.74) is 2.18. The van der Waals surface area contributed by atoms with Gasteiger partial charge in [-0.15, -0.1) is 0 Å². The first-order chi connectivity index (χ1) is 12.0. The summed E-state index contributed by atoms with van der Waals surface area (Å²) in [7, 11) is 1.87. The molecular formula is C18H19ClN4O2. The van der Waals surface area contributed by atoms with Gasteiger partial charge < -0.3 is 14.5 Å². The molecule has 3 aromatic rings. The van der Waals surface area contributed by atoms with E-state index in [1.165, 1.54) is 0 Å². The average molecular weight is 359 g/mol. The lowest BCUT2D eigenvalue weighted by atomic mass is 10.0. The number of aryl methyl sites for hydroxylation is 1. The van der Waals surface area contributed by atoms with Crippen LogP contribution >= 0.6 is 11.6 Å². The van der Waals surface area contributed by atoms with Crippen LogP contribution in [-0.2, 0) is 7.05 Å². The lowest BCUT2D eigenvalue weighted by molar-refractivity contribution is 0.0685. The van der Waals surface area contributed by atoms with Crippen LogP contribution in [0.15, 0.2) is 41.3 Å². The summed E-state index contributed by atoms with van der Waals surface area (Å²) in [5, 5.41) is 0.601. The van der Waals surface area contributed by atoms with E-state index >= 15 is 0 Å². The molecule has 130 valence electrons. The number of imidazole rings is 1. The van der Waals surface area contributed by atoms with Crippen LogP contribution in [0.1, 0.15) is 29.4 Å². The van der Waals surface area contributed by atoms with Crippen molar-refractivity contribution in [2.75, 3.05) is 13.1 Å². The molecule has 0 bridgehead atoms. The van der Waals surface area contributed by atoms with Crippen molar-refractivity contribution in [3.63, 3.8) is 0 Å². The Hall–Kier alpha value is -2.47. The summed E-state index contributed by atoms with van der Waals surface area (Å²) in [4.78, 5) is 29.7. The fraction of sp³-hybridized carbons (Fsp3) is 0.333. The van der Waals surface area contributed by atoms with Gasteiger partial charge in [0.2, 0.25) is 0 Å². The van der Waals surface area contributed by atoms with Crippen LogP contribution in [0.25, 0.3) is 11.0 Å². The Labute approximate surface area is 149 Å². The number of benzene rings is 1. The molecule has 0 saturated carbocycles. The van der Waals surface area contributed by atoms with Gasteiger partial charge in [0.25, 0.3) is 5.91 Å². The van der Waals surface area contributed by atoms with Crippen molar-refractivity contribution in [3.8, 4) is 0 Å². The number of aromatic nitrogens is 3. The van der Waals surface area contributed by atoms with Crippen LogP contribution in [0.2, 0.25) is 5.02 Å². The molecule has 2 aromatic heterocycles. The van der Waals surface area contributed by atoms with E-state index in [9.17, 15) is 9.59 Å². The van der Waals surface area contributed by atoms with E-state index in [-0.39, 0.29) is 17.6 Å². The van der Waals surface area contributed by atoms with Gasteiger partial charge in [-0.05, 0) is 43.2 Å². The number of carbonyl (C=O) groups excluding carboxylic acids is 1. The summed E-state index contributed by atoms with van der Waals surface area (Å²) >= 11 is 6.00. The highest BCUT2D eigenvalue weighted by Crippen LogP contribution is 2.26. The number of amides is 1. The maximum atomic E-state index is 12.6. The molecule has 0 aliphatic carbocycles. The molecule has 0 unspecified atom stereocenters. The predicted octanol–water partition coefficient (Wildman–Crippen LogP) is 2.80. The zero-order chi connectivity index (χ0) is 17.6. The Morgan fingerprint density at radius 2 is 2.00 bits per heavy atom. The summed E-state index contributed by atoms with van der Waals surface area (Å²) in [6.45, 7) is 1.28. The van der Waals surface area contributed by atoms with Crippen LogP contribution in [0.3, 0.4) is 0 Å². The summed E-state index contributed by atoms with van der Waals surface area (Å²) < 4.78 is 3.64. The number of nitrogens with zero attached hydrogens (tertiary/aromatic N) is 3. The molecule has 1 saturated heterocycles. The highest BCUT2D eigenvalue weighted by Gasteiger charge is 2.27. The van der Waals surface area contributed by atoms with Crippen molar-refractivity contribution in [3.05, 3.63) is 57.7 Å². The van der Waals surface area contributed by atoms with Crippen LogP contribution < -0.4 is 5.69 Å². The molecular weight excluding hydrogens is 340 g/mol. The quantitative estimate of drug-likeness (QED) is 0.765. The minimum Gasteiger partial charge on any atom is -0.347 e. The number of fused-ring (bicyclic) bond motifs is 1. The Balaban J connectivity index is 1.55. The van der Waals surface area contributed by atoms with Gasteiger partial charge in [0.1, 0.15) is 5.69 Å². The van der Waals surface area contributed by atoms with Gasteiger partial charge in [-0.25, -0.2) is 4.79 Å². The van der Waals surface area contributed by atoms with Crippen LogP contribution in [0.5, 0.6) is 0 Å². The van der Waals surface area contributed by atoms with Crippen LogP contribution in [-0.4, -0.2) is 38.0 Å². The third-order valence-corrected chi connectivity index (χ3v) is 5.19. The molecule has 25 heavy (non-hydrogen) atoms. The normalized spacial score (nSPS) is 15.8. The van der Waals surface area contributed by atoms with E-state index in [0.29, 0.717) is 23.8 Å². The van der Waals surface area contributed by atoms with Crippen molar-refractivity contribution in [1.29, 1.82) is 0 Å². The number of halogens is 1. The number of hydrogen-bond donors (Lipinski definition) is 1. The number of H-pyrrole nitrogens is 1. The zero-order valence-corrected chi connectivity index (χ0v) is 14.7.